The van der Waals surface area contributed by atoms with Crippen LogP contribution >= 0.6 is 15.9 Å². The number of rotatable bonds is 2. The largest absolute Gasteiger partial charge is 0.371 e. The van der Waals surface area contributed by atoms with E-state index in [0.29, 0.717) is 5.92 Å². The molecule has 20 heavy (non-hydrogen) atoms. The lowest BCUT2D eigenvalue weighted by Gasteiger charge is -2.34. The van der Waals surface area contributed by atoms with Gasteiger partial charge in [-0.2, -0.15) is 0 Å². The summed E-state index contributed by atoms with van der Waals surface area (Å²) in [4.78, 5) is 2.34. The van der Waals surface area contributed by atoms with Crippen molar-refractivity contribution in [3.05, 3.63) is 64.4 Å². The van der Waals surface area contributed by atoms with Crippen molar-refractivity contribution in [3.8, 4) is 0 Å². The predicted molar refractivity (Wildman–Crippen MR) is 84.7 cm³/mol. The van der Waals surface area contributed by atoms with Crippen molar-refractivity contribution < 1.29 is 4.39 Å². The molecule has 1 saturated heterocycles. The molecule has 1 aliphatic heterocycles. The Labute approximate surface area is 127 Å². The zero-order chi connectivity index (χ0) is 13.9. The summed E-state index contributed by atoms with van der Waals surface area (Å²) in [5.41, 5.74) is 2.55. The van der Waals surface area contributed by atoms with Gasteiger partial charge in [-0.1, -0.05) is 28.1 Å². The Kier molecular flexibility index (Phi) is 4.06. The summed E-state index contributed by atoms with van der Waals surface area (Å²) in [6, 6.07) is 15.5. The molecule has 0 saturated carbocycles. The van der Waals surface area contributed by atoms with Gasteiger partial charge in [-0.15, -0.1) is 0 Å². The lowest BCUT2D eigenvalue weighted by Crippen LogP contribution is -2.32. The average Bonchev–Trinajstić information content (AvgIpc) is 2.49. The number of nitrogens with zero attached hydrogens (tertiary/aromatic N) is 1. The van der Waals surface area contributed by atoms with Crippen LogP contribution in [-0.2, 0) is 0 Å². The molecule has 1 fully saturated rings. The highest BCUT2D eigenvalue weighted by Gasteiger charge is 2.20. The molecule has 0 radical (unpaired) electrons. The second kappa shape index (κ2) is 5.96. The van der Waals surface area contributed by atoms with Gasteiger partial charge in [0.2, 0.25) is 0 Å². The summed E-state index contributed by atoms with van der Waals surface area (Å²) >= 11 is 3.48. The fourth-order valence-electron chi connectivity index (χ4n) is 2.86. The van der Waals surface area contributed by atoms with Crippen molar-refractivity contribution in [2.45, 2.75) is 18.8 Å². The first-order valence-electron chi connectivity index (χ1n) is 6.98. The van der Waals surface area contributed by atoms with Crippen LogP contribution in [0.5, 0.6) is 0 Å². The molecule has 0 aromatic heterocycles. The van der Waals surface area contributed by atoms with Crippen LogP contribution in [0.15, 0.2) is 53.0 Å². The molecule has 0 spiro atoms. The third kappa shape index (κ3) is 3.04. The third-order valence-corrected chi connectivity index (χ3v) is 4.56. The smallest absolute Gasteiger partial charge is 0.123 e. The van der Waals surface area contributed by atoms with Crippen LogP contribution in [0, 0.1) is 5.82 Å². The number of halogens is 2. The van der Waals surface area contributed by atoms with E-state index < -0.39 is 0 Å². The van der Waals surface area contributed by atoms with E-state index in [4.69, 9.17) is 0 Å². The maximum Gasteiger partial charge on any atom is 0.123 e. The molecule has 1 aliphatic rings. The normalized spacial score (nSPS) is 16.4. The second-order valence-electron chi connectivity index (χ2n) is 5.29. The fraction of sp³-hybridized carbons (Fsp3) is 0.294. The number of benzene rings is 2. The highest BCUT2D eigenvalue weighted by Crippen LogP contribution is 2.31. The van der Waals surface area contributed by atoms with Gasteiger partial charge in [0.15, 0.2) is 0 Å². The molecule has 3 heteroatoms. The van der Waals surface area contributed by atoms with Gasteiger partial charge in [0.25, 0.3) is 0 Å². The van der Waals surface area contributed by atoms with Crippen LogP contribution in [0.1, 0.15) is 24.3 Å². The standard InChI is InChI=1S/C17H17BrFN/c18-15-3-1-13(2-4-15)14-9-11-20(12-10-14)17-7-5-16(19)6-8-17/h1-8,14H,9-12H2. The molecular weight excluding hydrogens is 317 g/mol. The van der Waals surface area contributed by atoms with E-state index in [1.54, 1.807) is 0 Å². The van der Waals surface area contributed by atoms with Crippen molar-refractivity contribution in [2.24, 2.45) is 0 Å². The third-order valence-electron chi connectivity index (χ3n) is 4.03. The summed E-state index contributed by atoms with van der Waals surface area (Å²) in [5.74, 6) is 0.471. The molecule has 2 aromatic rings. The van der Waals surface area contributed by atoms with Gasteiger partial charge in [-0.25, -0.2) is 4.39 Å². The number of hydrogen-bond donors (Lipinski definition) is 0. The van der Waals surface area contributed by atoms with Gasteiger partial charge in [-0.05, 0) is 60.7 Å². The summed E-state index contributed by atoms with van der Waals surface area (Å²) in [5, 5.41) is 0. The Bertz CT molecular complexity index is 503. The van der Waals surface area contributed by atoms with Crippen LogP contribution in [0.2, 0.25) is 0 Å². The van der Waals surface area contributed by atoms with E-state index in [2.05, 4.69) is 45.1 Å². The molecule has 0 N–H and O–H groups in total. The first-order chi connectivity index (χ1) is 9.72. The molecule has 104 valence electrons. The van der Waals surface area contributed by atoms with Crippen LogP contribution in [0.25, 0.3) is 0 Å². The molecule has 0 unspecified atom stereocenters. The lowest BCUT2D eigenvalue weighted by molar-refractivity contribution is 0.505. The molecule has 3 rings (SSSR count). The SMILES string of the molecule is Fc1ccc(N2CCC(c3ccc(Br)cc3)CC2)cc1. The molecule has 0 atom stereocenters. The lowest BCUT2D eigenvalue weighted by atomic mass is 9.89. The van der Waals surface area contributed by atoms with Crippen molar-refractivity contribution >= 4 is 21.6 Å². The average molecular weight is 334 g/mol. The Morgan fingerprint density at radius 2 is 1.50 bits per heavy atom. The minimum atomic E-state index is -0.168. The number of anilines is 1. The minimum Gasteiger partial charge on any atom is -0.371 e. The minimum absolute atomic E-state index is 0.168. The second-order valence-corrected chi connectivity index (χ2v) is 6.20. The Hall–Kier alpha value is -1.35. The zero-order valence-corrected chi connectivity index (χ0v) is 12.8. The Morgan fingerprint density at radius 1 is 0.900 bits per heavy atom. The monoisotopic (exact) mass is 333 g/mol. The maximum absolute atomic E-state index is 12.9. The summed E-state index contributed by atoms with van der Waals surface area (Å²) < 4.78 is 14.1. The first-order valence-corrected chi connectivity index (χ1v) is 7.77. The van der Waals surface area contributed by atoms with Gasteiger partial charge in [0.05, 0.1) is 0 Å². The number of piperidine rings is 1. The molecular formula is C17H17BrFN. The fourth-order valence-corrected chi connectivity index (χ4v) is 3.12. The van der Waals surface area contributed by atoms with E-state index in [9.17, 15) is 4.39 Å². The van der Waals surface area contributed by atoms with Gasteiger partial charge in [-0.3, -0.25) is 0 Å². The molecule has 1 nitrogen and oxygen atoms in total. The van der Waals surface area contributed by atoms with Gasteiger partial charge < -0.3 is 4.90 Å². The zero-order valence-electron chi connectivity index (χ0n) is 11.2. The first kappa shape index (κ1) is 13.6. The predicted octanol–water partition coefficient (Wildman–Crippen LogP) is 4.97. The van der Waals surface area contributed by atoms with Crippen molar-refractivity contribution in [1.29, 1.82) is 0 Å². The van der Waals surface area contributed by atoms with Crippen LogP contribution in [-0.4, -0.2) is 13.1 Å². The van der Waals surface area contributed by atoms with Crippen molar-refractivity contribution in [2.75, 3.05) is 18.0 Å². The highest BCUT2D eigenvalue weighted by atomic mass is 79.9. The van der Waals surface area contributed by atoms with Crippen LogP contribution in [0.3, 0.4) is 0 Å². The van der Waals surface area contributed by atoms with Gasteiger partial charge in [0, 0.05) is 23.2 Å². The summed E-state index contributed by atoms with van der Waals surface area (Å²) in [6.07, 6.45) is 2.30. The Morgan fingerprint density at radius 3 is 2.10 bits per heavy atom. The van der Waals surface area contributed by atoms with Crippen LogP contribution < -0.4 is 4.90 Å². The van der Waals surface area contributed by atoms with E-state index in [1.807, 2.05) is 12.1 Å². The van der Waals surface area contributed by atoms with E-state index in [1.165, 1.54) is 17.7 Å². The molecule has 0 aliphatic carbocycles. The maximum atomic E-state index is 12.9. The molecule has 1 heterocycles. The number of hydrogen-bond acceptors (Lipinski definition) is 1. The van der Waals surface area contributed by atoms with E-state index in [-0.39, 0.29) is 5.82 Å². The summed E-state index contributed by atoms with van der Waals surface area (Å²) in [6.45, 7) is 2.07. The quantitative estimate of drug-likeness (QED) is 0.749. The topological polar surface area (TPSA) is 3.24 Å². The van der Waals surface area contributed by atoms with Crippen LogP contribution in [0.4, 0.5) is 10.1 Å². The molecule has 2 aromatic carbocycles. The van der Waals surface area contributed by atoms with E-state index >= 15 is 0 Å². The van der Waals surface area contributed by atoms with Gasteiger partial charge >= 0.3 is 0 Å². The van der Waals surface area contributed by atoms with E-state index in [0.717, 1.165) is 36.1 Å². The molecule has 0 bridgehead atoms. The summed E-state index contributed by atoms with van der Waals surface area (Å²) in [7, 11) is 0. The van der Waals surface area contributed by atoms with Crippen molar-refractivity contribution in [3.63, 3.8) is 0 Å². The molecule has 0 amide bonds. The Balaban J connectivity index is 1.64. The van der Waals surface area contributed by atoms with Gasteiger partial charge in [0.1, 0.15) is 5.82 Å². The van der Waals surface area contributed by atoms with Crippen molar-refractivity contribution in [1.82, 2.24) is 0 Å². The highest BCUT2D eigenvalue weighted by molar-refractivity contribution is 9.10.